The van der Waals surface area contributed by atoms with Crippen molar-refractivity contribution in [2.45, 2.75) is 68.8 Å². The monoisotopic (exact) mass is 506 g/mol. The lowest BCUT2D eigenvalue weighted by Gasteiger charge is -2.56. The number of esters is 1. The molecular weight excluding hydrogens is 472 g/mol. The number of benzene rings is 1. The molecule has 0 radical (unpaired) electrons. The lowest BCUT2D eigenvalue weighted by molar-refractivity contribution is -0.152. The van der Waals surface area contributed by atoms with E-state index < -0.39 is 28.6 Å². The van der Waals surface area contributed by atoms with Crippen LogP contribution in [0.5, 0.6) is 11.5 Å². The molecule has 35 heavy (non-hydrogen) atoms. The first-order chi connectivity index (χ1) is 16.6. The van der Waals surface area contributed by atoms with Gasteiger partial charge < -0.3 is 19.5 Å². The first kappa shape index (κ1) is 24.4. The Morgan fingerprint density at radius 3 is 2.23 bits per heavy atom. The van der Waals surface area contributed by atoms with Gasteiger partial charge in [0.15, 0.2) is 18.1 Å². The van der Waals surface area contributed by atoms with Gasteiger partial charge in [0.05, 0.1) is 4.90 Å². The van der Waals surface area contributed by atoms with Crippen LogP contribution in [-0.2, 0) is 24.3 Å². The van der Waals surface area contributed by atoms with E-state index in [1.165, 1.54) is 37.5 Å². The highest BCUT2D eigenvalue weighted by molar-refractivity contribution is 7.89. The zero-order valence-corrected chi connectivity index (χ0v) is 21.1. The molecule has 1 heterocycles. The zero-order valence-electron chi connectivity index (χ0n) is 20.2. The summed E-state index contributed by atoms with van der Waals surface area (Å²) >= 11 is 0. The average molecular weight is 507 g/mol. The number of carbonyl (C=O) groups excluding carboxylic acids is 2. The van der Waals surface area contributed by atoms with Crippen LogP contribution in [0.3, 0.4) is 0 Å². The number of ether oxygens (including phenoxy) is 3. The van der Waals surface area contributed by atoms with Crippen molar-refractivity contribution in [2.75, 3.05) is 19.8 Å². The Morgan fingerprint density at radius 1 is 1.03 bits per heavy atom. The summed E-state index contributed by atoms with van der Waals surface area (Å²) in [6.07, 6.45) is 6.81. The molecule has 4 aliphatic carbocycles. The molecule has 1 aliphatic heterocycles. The molecule has 1 atom stereocenters. The number of sulfonamides is 1. The predicted octanol–water partition coefficient (Wildman–Crippen LogP) is 2.39. The van der Waals surface area contributed by atoms with Crippen molar-refractivity contribution in [1.82, 2.24) is 10.0 Å². The van der Waals surface area contributed by atoms with Crippen LogP contribution in [0.15, 0.2) is 23.1 Å². The largest absolute Gasteiger partial charge is 0.486 e. The van der Waals surface area contributed by atoms with E-state index in [2.05, 4.69) is 10.0 Å². The Kier molecular flexibility index (Phi) is 6.46. The summed E-state index contributed by atoms with van der Waals surface area (Å²) in [6, 6.07) is 3.16. The summed E-state index contributed by atoms with van der Waals surface area (Å²) in [5, 5.41) is 3.17. The van der Waals surface area contributed by atoms with E-state index in [1.54, 1.807) is 13.8 Å². The molecule has 4 saturated carbocycles. The predicted molar refractivity (Wildman–Crippen MR) is 126 cm³/mol. The van der Waals surface area contributed by atoms with Crippen molar-refractivity contribution in [3.63, 3.8) is 0 Å². The standard InChI is InChI=1S/C25H34N2O7S/c1-15(2)23(27-35(30,31)19-3-4-20-21(10-19)33-6-5-32-20)24(29)34-14-22(28)26-25-11-16-7-17(12-25)9-18(8-16)13-25/h3-4,10,15-18,23,27H,5-9,11-14H2,1-2H3,(H,26,28)/t16?,17?,18?,23-,25?/m0/s1. The summed E-state index contributed by atoms with van der Waals surface area (Å²) in [5.74, 6) is 1.38. The minimum Gasteiger partial charge on any atom is -0.486 e. The number of nitrogens with one attached hydrogen (secondary N) is 2. The van der Waals surface area contributed by atoms with E-state index >= 15 is 0 Å². The van der Waals surface area contributed by atoms with Gasteiger partial charge in [-0.2, -0.15) is 4.72 Å². The van der Waals surface area contributed by atoms with Gasteiger partial charge in [-0.05, 0) is 74.3 Å². The lowest BCUT2D eigenvalue weighted by Crippen LogP contribution is -2.60. The third-order valence-electron chi connectivity index (χ3n) is 7.82. The van der Waals surface area contributed by atoms with Crippen molar-refractivity contribution in [2.24, 2.45) is 23.7 Å². The van der Waals surface area contributed by atoms with Crippen LogP contribution < -0.4 is 19.5 Å². The summed E-state index contributed by atoms with van der Waals surface area (Å²) < 4.78 is 44.6. The van der Waals surface area contributed by atoms with E-state index in [9.17, 15) is 18.0 Å². The highest BCUT2D eigenvalue weighted by Gasteiger charge is 2.51. The fourth-order valence-electron chi connectivity index (χ4n) is 6.70. The first-order valence-corrected chi connectivity index (χ1v) is 14.0. The molecule has 6 rings (SSSR count). The topological polar surface area (TPSA) is 120 Å². The lowest BCUT2D eigenvalue weighted by atomic mass is 9.53. The van der Waals surface area contributed by atoms with Crippen molar-refractivity contribution >= 4 is 21.9 Å². The third-order valence-corrected chi connectivity index (χ3v) is 9.25. The summed E-state index contributed by atoms with van der Waals surface area (Å²) in [6.45, 7) is 3.74. The molecule has 4 bridgehead atoms. The number of fused-ring (bicyclic) bond motifs is 1. The minimum absolute atomic E-state index is 0.0419. The molecular formula is C25H34N2O7S. The molecule has 10 heteroatoms. The van der Waals surface area contributed by atoms with Gasteiger partial charge in [0.2, 0.25) is 10.0 Å². The fourth-order valence-corrected chi connectivity index (χ4v) is 8.05. The zero-order chi connectivity index (χ0) is 24.8. The molecule has 0 saturated heterocycles. The van der Waals surface area contributed by atoms with Crippen LogP contribution >= 0.6 is 0 Å². The van der Waals surface area contributed by atoms with Gasteiger partial charge in [-0.1, -0.05) is 13.8 Å². The molecule has 5 aliphatic rings. The van der Waals surface area contributed by atoms with Crippen LogP contribution in [-0.4, -0.2) is 51.7 Å². The molecule has 2 N–H and O–H groups in total. The van der Waals surface area contributed by atoms with Crippen molar-refractivity contribution in [1.29, 1.82) is 0 Å². The number of amides is 1. The normalized spacial score (nSPS) is 29.6. The van der Waals surface area contributed by atoms with Crippen LogP contribution in [0.2, 0.25) is 0 Å². The molecule has 1 amide bonds. The number of rotatable bonds is 8. The maximum Gasteiger partial charge on any atom is 0.324 e. The smallest absolute Gasteiger partial charge is 0.324 e. The Hall–Kier alpha value is -2.33. The molecule has 9 nitrogen and oxygen atoms in total. The summed E-state index contributed by atoms with van der Waals surface area (Å²) in [5.41, 5.74) is -0.171. The van der Waals surface area contributed by atoms with E-state index in [-0.39, 0.29) is 22.3 Å². The Bertz CT molecular complexity index is 1070. The van der Waals surface area contributed by atoms with Crippen LogP contribution in [0.1, 0.15) is 52.4 Å². The Morgan fingerprint density at radius 2 is 1.63 bits per heavy atom. The third kappa shape index (κ3) is 5.14. The minimum atomic E-state index is -4.04. The van der Waals surface area contributed by atoms with Gasteiger partial charge >= 0.3 is 5.97 Å². The molecule has 0 spiro atoms. The van der Waals surface area contributed by atoms with E-state index in [1.807, 2.05) is 0 Å². The van der Waals surface area contributed by atoms with E-state index in [0.29, 0.717) is 42.5 Å². The maximum atomic E-state index is 13.0. The maximum absolute atomic E-state index is 13.0. The Balaban J connectivity index is 1.19. The molecule has 192 valence electrons. The quantitative estimate of drug-likeness (QED) is 0.520. The summed E-state index contributed by atoms with van der Waals surface area (Å²) in [7, 11) is -4.04. The van der Waals surface area contributed by atoms with Gasteiger partial charge in [0.25, 0.3) is 5.91 Å². The first-order valence-electron chi connectivity index (χ1n) is 12.5. The molecule has 0 aromatic heterocycles. The SMILES string of the molecule is CC(C)[C@H](NS(=O)(=O)c1ccc2c(c1)OCCO2)C(=O)OCC(=O)NC12CC3CC(CC(C3)C1)C2. The molecule has 1 aromatic rings. The molecule has 0 unspecified atom stereocenters. The number of hydrogen-bond donors (Lipinski definition) is 2. The van der Waals surface area contributed by atoms with Gasteiger partial charge in [-0.25, -0.2) is 8.42 Å². The van der Waals surface area contributed by atoms with Gasteiger partial charge in [-0.15, -0.1) is 0 Å². The second-order valence-corrected chi connectivity index (χ2v) is 12.7. The van der Waals surface area contributed by atoms with Crippen LogP contribution in [0, 0.1) is 23.7 Å². The van der Waals surface area contributed by atoms with E-state index in [4.69, 9.17) is 14.2 Å². The number of carbonyl (C=O) groups is 2. The number of hydrogen-bond acceptors (Lipinski definition) is 7. The highest BCUT2D eigenvalue weighted by Crippen LogP contribution is 2.55. The van der Waals surface area contributed by atoms with Gasteiger partial charge in [-0.3, -0.25) is 9.59 Å². The van der Waals surface area contributed by atoms with E-state index in [0.717, 1.165) is 19.3 Å². The average Bonchev–Trinajstić information content (AvgIpc) is 2.79. The fraction of sp³-hybridized carbons (Fsp3) is 0.680. The molecule has 4 fully saturated rings. The molecule has 1 aromatic carbocycles. The van der Waals surface area contributed by atoms with Gasteiger partial charge in [0, 0.05) is 11.6 Å². The van der Waals surface area contributed by atoms with Crippen LogP contribution in [0.4, 0.5) is 0 Å². The van der Waals surface area contributed by atoms with Crippen LogP contribution in [0.25, 0.3) is 0 Å². The van der Waals surface area contributed by atoms with Crippen molar-refractivity contribution in [3.8, 4) is 11.5 Å². The second kappa shape index (κ2) is 9.28. The highest BCUT2D eigenvalue weighted by atomic mass is 32.2. The van der Waals surface area contributed by atoms with Crippen molar-refractivity contribution in [3.05, 3.63) is 18.2 Å². The van der Waals surface area contributed by atoms with Crippen molar-refractivity contribution < 1.29 is 32.2 Å². The Labute approximate surface area is 206 Å². The summed E-state index contributed by atoms with van der Waals surface area (Å²) in [4.78, 5) is 25.5. The second-order valence-electron chi connectivity index (χ2n) is 11.0. The van der Waals surface area contributed by atoms with Gasteiger partial charge in [0.1, 0.15) is 19.3 Å².